The molecule has 0 spiro atoms. The first-order valence-corrected chi connectivity index (χ1v) is 11.8. The van der Waals surface area contributed by atoms with Crippen molar-refractivity contribution in [3.05, 3.63) is 65.4 Å². The molecule has 6 nitrogen and oxygen atoms in total. The number of benzene rings is 2. The van der Waals surface area contributed by atoms with Crippen LogP contribution in [-0.2, 0) is 11.2 Å². The van der Waals surface area contributed by atoms with Crippen LogP contribution in [0.2, 0.25) is 0 Å². The van der Waals surface area contributed by atoms with Crippen LogP contribution in [0.1, 0.15) is 25.2 Å². The van der Waals surface area contributed by atoms with Crippen molar-refractivity contribution in [2.45, 2.75) is 26.3 Å². The summed E-state index contributed by atoms with van der Waals surface area (Å²) in [4.78, 5) is 12.4. The molecule has 0 radical (unpaired) electrons. The number of fused-ring (bicyclic) bond motifs is 1. The van der Waals surface area contributed by atoms with Gasteiger partial charge in [-0.15, -0.1) is 0 Å². The number of rotatable bonds is 5. The summed E-state index contributed by atoms with van der Waals surface area (Å²) in [6.07, 6.45) is 1.28. The third-order valence-corrected chi connectivity index (χ3v) is 6.33. The molecule has 0 atom stereocenters. The fraction of sp³-hybridized carbons (Fsp3) is 0.385. The Bertz CT molecular complexity index is 1230. The summed E-state index contributed by atoms with van der Waals surface area (Å²) in [6.45, 7) is 7.41. The molecule has 9 heteroatoms. The zero-order valence-corrected chi connectivity index (χ0v) is 19.7. The van der Waals surface area contributed by atoms with Gasteiger partial charge in [0.05, 0.1) is 37.3 Å². The fourth-order valence-corrected chi connectivity index (χ4v) is 4.57. The van der Waals surface area contributed by atoms with Crippen LogP contribution in [0.4, 0.5) is 24.5 Å². The van der Waals surface area contributed by atoms with E-state index >= 15 is 0 Å². The highest BCUT2D eigenvalue weighted by Crippen LogP contribution is 2.39. The Labute approximate surface area is 202 Å². The Morgan fingerprint density at radius 1 is 0.914 bits per heavy atom. The molecule has 3 heterocycles. The molecular weight excluding hydrogens is 457 g/mol. The molecule has 2 aliphatic rings. The van der Waals surface area contributed by atoms with E-state index in [9.17, 15) is 13.2 Å². The van der Waals surface area contributed by atoms with Crippen LogP contribution in [0.15, 0.2) is 36.5 Å². The van der Waals surface area contributed by atoms with E-state index in [1.165, 1.54) is 12.1 Å². The lowest BCUT2D eigenvalue weighted by atomic mass is 10.1. The van der Waals surface area contributed by atoms with Crippen LogP contribution in [0.3, 0.4) is 0 Å². The predicted octanol–water partition coefficient (Wildman–Crippen LogP) is 4.60. The van der Waals surface area contributed by atoms with E-state index in [1.807, 2.05) is 29.7 Å². The molecule has 5 rings (SSSR count). The average Bonchev–Trinajstić information content (AvgIpc) is 2.85. The van der Waals surface area contributed by atoms with E-state index in [4.69, 9.17) is 9.47 Å². The average molecular weight is 485 g/mol. The molecule has 0 N–H and O–H groups in total. The first-order chi connectivity index (χ1) is 16.9. The van der Waals surface area contributed by atoms with Crippen LogP contribution < -0.4 is 14.5 Å². The first kappa shape index (κ1) is 23.4. The molecule has 0 unspecified atom stereocenters. The standard InChI is InChI=1S/C26H27F3N4O2/c1-16(2)33-7-10-35-26-20(28)13-18(14-23(26)33)25-21(29)15-30-24(31-25)12-17-3-4-22(19(27)11-17)32-5-8-34-9-6-32/h3-4,11,13-16H,5-10,12H2,1-2H3. The SMILES string of the molecule is CC(C)N1CCOc2c(F)cc(-c3nc(Cc4ccc(N5CCOCC5)c(F)c4)ncc3F)cc21. The van der Waals surface area contributed by atoms with Gasteiger partial charge >= 0.3 is 0 Å². The Morgan fingerprint density at radius 3 is 2.46 bits per heavy atom. The number of halogens is 3. The molecule has 184 valence electrons. The van der Waals surface area contributed by atoms with Gasteiger partial charge < -0.3 is 19.3 Å². The highest BCUT2D eigenvalue weighted by Gasteiger charge is 2.26. The van der Waals surface area contributed by atoms with Crippen molar-refractivity contribution in [1.29, 1.82) is 0 Å². The highest BCUT2D eigenvalue weighted by molar-refractivity contribution is 5.72. The Hall–Kier alpha value is -3.33. The molecule has 35 heavy (non-hydrogen) atoms. The third-order valence-electron chi connectivity index (χ3n) is 6.33. The van der Waals surface area contributed by atoms with Gasteiger partial charge in [-0.25, -0.2) is 23.1 Å². The molecular formula is C26H27F3N4O2. The first-order valence-electron chi connectivity index (χ1n) is 11.8. The number of hydrogen-bond acceptors (Lipinski definition) is 6. The minimum atomic E-state index is -0.658. The zero-order valence-electron chi connectivity index (χ0n) is 19.7. The van der Waals surface area contributed by atoms with Crippen LogP contribution in [0.25, 0.3) is 11.3 Å². The quantitative estimate of drug-likeness (QED) is 0.528. The van der Waals surface area contributed by atoms with E-state index in [0.29, 0.717) is 67.8 Å². The smallest absolute Gasteiger partial charge is 0.178 e. The van der Waals surface area contributed by atoms with Gasteiger partial charge in [-0.1, -0.05) is 6.07 Å². The largest absolute Gasteiger partial charge is 0.486 e. The molecule has 0 aliphatic carbocycles. The number of ether oxygens (including phenoxy) is 2. The van der Waals surface area contributed by atoms with Crippen LogP contribution in [0, 0.1) is 17.5 Å². The minimum absolute atomic E-state index is 0.00334. The Kier molecular flexibility index (Phi) is 6.51. The molecule has 1 aromatic heterocycles. The van der Waals surface area contributed by atoms with Crippen molar-refractivity contribution in [1.82, 2.24) is 9.97 Å². The van der Waals surface area contributed by atoms with Gasteiger partial charge in [0.25, 0.3) is 0 Å². The van der Waals surface area contributed by atoms with Crippen molar-refractivity contribution in [2.75, 3.05) is 49.3 Å². The monoisotopic (exact) mass is 484 g/mol. The topological polar surface area (TPSA) is 50.7 Å². The summed E-state index contributed by atoms with van der Waals surface area (Å²) in [7, 11) is 0. The number of hydrogen-bond donors (Lipinski definition) is 0. The second-order valence-electron chi connectivity index (χ2n) is 8.99. The summed E-state index contributed by atoms with van der Waals surface area (Å²) in [5.74, 6) is -1.08. The molecule has 0 amide bonds. The van der Waals surface area contributed by atoms with Gasteiger partial charge in [0, 0.05) is 31.1 Å². The lowest BCUT2D eigenvalue weighted by Gasteiger charge is -2.34. The number of nitrogens with zero attached hydrogens (tertiary/aromatic N) is 4. The van der Waals surface area contributed by atoms with Crippen molar-refractivity contribution in [3.63, 3.8) is 0 Å². The number of morpholine rings is 1. The molecule has 3 aromatic rings. The second-order valence-corrected chi connectivity index (χ2v) is 8.99. The maximum absolute atomic E-state index is 14.9. The van der Waals surface area contributed by atoms with Crippen molar-refractivity contribution in [3.8, 4) is 17.0 Å². The van der Waals surface area contributed by atoms with Gasteiger partial charge in [0.15, 0.2) is 17.4 Å². The van der Waals surface area contributed by atoms with E-state index in [0.717, 1.165) is 6.20 Å². The van der Waals surface area contributed by atoms with Crippen molar-refractivity contribution in [2.24, 2.45) is 0 Å². The predicted molar refractivity (Wildman–Crippen MR) is 128 cm³/mol. The van der Waals surface area contributed by atoms with E-state index < -0.39 is 11.6 Å². The maximum Gasteiger partial charge on any atom is 0.178 e. The number of aromatic nitrogens is 2. The molecule has 0 saturated carbocycles. The summed E-state index contributed by atoms with van der Waals surface area (Å²) < 4.78 is 55.3. The van der Waals surface area contributed by atoms with Gasteiger partial charge in [-0.2, -0.15) is 0 Å². The third kappa shape index (κ3) is 4.77. The summed E-state index contributed by atoms with van der Waals surface area (Å²) in [5, 5.41) is 0. The van der Waals surface area contributed by atoms with Crippen LogP contribution >= 0.6 is 0 Å². The number of anilines is 2. The van der Waals surface area contributed by atoms with Crippen LogP contribution in [0.5, 0.6) is 5.75 Å². The van der Waals surface area contributed by atoms with E-state index in [1.54, 1.807) is 12.1 Å². The second kappa shape index (κ2) is 9.73. The Morgan fingerprint density at radius 2 is 1.71 bits per heavy atom. The molecule has 1 fully saturated rings. The molecule has 2 aliphatic heterocycles. The van der Waals surface area contributed by atoms with Crippen LogP contribution in [-0.4, -0.2) is 55.5 Å². The van der Waals surface area contributed by atoms with Gasteiger partial charge in [-0.05, 0) is 43.7 Å². The van der Waals surface area contributed by atoms with Gasteiger partial charge in [0.2, 0.25) is 0 Å². The normalized spacial score (nSPS) is 15.8. The molecule has 1 saturated heterocycles. The molecule has 2 aromatic carbocycles. The van der Waals surface area contributed by atoms with Crippen molar-refractivity contribution >= 4 is 11.4 Å². The minimum Gasteiger partial charge on any atom is -0.486 e. The van der Waals surface area contributed by atoms with Crippen molar-refractivity contribution < 1.29 is 22.6 Å². The van der Waals surface area contributed by atoms with E-state index in [2.05, 4.69) is 9.97 Å². The summed E-state index contributed by atoms with van der Waals surface area (Å²) in [6, 6.07) is 8.05. The summed E-state index contributed by atoms with van der Waals surface area (Å²) in [5.41, 5.74) is 2.05. The lowest BCUT2D eigenvalue weighted by Crippen LogP contribution is -2.38. The molecule has 0 bridgehead atoms. The summed E-state index contributed by atoms with van der Waals surface area (Å²) >= 11 is 0. The fourth-order valence-electron chi connectivity index (χ4n) is 4.57. The Balaban J connectivity index is 1.43. The zero-order chi connectivity index (χ0) is 24.5. The maximum atomic E-state index is 14.9. The van der Waals surface area contributed by atoms with Gasteiger partial charge in [-0.3, -0.25) is 0 Å². The van der Waals surface area contributed by atoms with Gasteiger partial charge in [0.1, 0.15) is 23.9 Å². The van der Waals surface area contributed by atoms with E-state index in [-0.39, 0.29) is 29.7 Å². The highest BCUT2D eigenvalue weighted by atomic mass is 19.1. The lowest BCUT2D eigenvalue weighted by molar-refractivity contribution is 0.122.